The molecule has 0 saturated carbocycles. The normalized spacial score (nSPS) is 11.0. The van der Waals surface area contributed by atoms with Crippen molar-refractivity contribution < 1.29 is 9.53 Å². The van der Waals surface area contributed by atoms with E-state index in [1.54, 1.807) is 0 Å². The molecule has 2 N–H and O–H groups in total. The van der Waals surface area contributed by atoms with Crippen LogP contribution in [-0.2, 0) is 0 Å². The quantitative estimate of drug-likeness (QED) is 0.723. The summed E-state index contributed by atoms with van der Waals surface area (Å²) < 4.78 is 5.76. The zero-order valence-electron chi connectivity index (χ0n) is 14.4. The Morgan fingerprint density at radius 3 is 2.62 bits per heavy atom. The minimum absolute atomic E-state index is 0.0424. The topological polar surface area (TPSA) is 54.1 Å². The molecule has 1 heterocycles. The average molecular weight is 322 g/mol. The molecule has 124 valence electrons. The molecule has 0 radical (unpaired) electrons. The molecule has 0 fully saturated rings. The van der Waals surface area contributed by atoms with Gasteiger partial charge in [-0.1, -0.05) is 24.3 Å². The van der Waals surface area contributed by atoms with E-state index in [-0.39, 0.29) is 12.0 Å². The fraction of sp³-hybridized carbons (Fsp3) is 0.250. The lowest BCUT2D eigenvalue weighted by Crippen LogP contribution is -2.15. The van der Waals surface area contributed by atoms with Gasteiger partial charge in [0.05, 0.1) is 11.8 Å². The van der Waals surface area contributed by atoms with Gasteiger partial charge < -0.3 is 15.0 Å². The standard InChI is InChI=1S/C20H22N2O2/c1-12(2)24-18-8-6-5-7-16(18)22-20(23)19-14(4)15-10-9-13(3)11-17(15)21-19/h5-12,21H,1-4H3,(H,22,23). The molecule has 4 heteroatoms. The maximum atomic E-state index is 12.7. The molecule has 3 aromatic rings. The summed E-state index contributed by atoms with van der Waals surface area (Å²) >= 11 is 0. The number of nitrogens with one attached hydrogen (secondary N) is 2. The summed E-state index contributed by atoms with van der Waals surface area (Å²) in [7, 11) is 0. The molecule has 1 aromatic heterocycles. The van der Waals surface area contributed by atoms with Gasteiger partial charge >= 0.3 is 0 Å². The number of carbonyl (C=O) groups excluding carboxylic acids is 1. The molecule has 0 bridgehead atoms. The van der Waals surface area contributed by atoms with Crippen molar-refractivity contribution in [3.63, 3.8) is 0 Å². The van der Waals surface area contributed by atoms with Crippen LogP contribution in [0.2, 0.25) is 0 Å². The number of benzene rings is 2. The van der Waals surface area contributed by atoms with Gasteiger partial charge in [-0.05, 0) is 57.0 Å². The Morgan fingerprint density at radius 2 is 1.88 bits per heavy atom. The average Bonchev–Trinajstić information content (AvgIpc) is 2.85. The molecule has 3 rings (SSSR count). The molecule has 0 spiro atoms. The van der Waals surface area contributed by atoms with Crippen molar-refractivity contribution in [3.05, 3.63) is 59.3 Å². The van der Waals surface area contributed by atoms with Crippen LogP contribution < -0.4 is 10.1 Å². The van der Waals surface area contributed by atoms with Gasteiger partial charge in [0.1, 0.15) is 11.4 Å². The third-order valence-electron chi connectivity index (χ3n) is 3.94. The van der Waals surface area contributed by atoms with Gasteiger partial charge in [-0.25, -0.2) is 0 Å². The number of amides is 1. The number of aromatic nitrogens is 1. The van der Waals surface area contributed by atoms with Crippen LogP contribution in [0.25, 0.3) is 10.9 Å². The first-order valence-corrected chi connectivity index (χ1v) is 8.11. The van der Waals surface area contributed by atoms with Gasteiger partial charge in [-0.15, -0.1) is 0 Å². The number of carbonyl (C=O) groups is 1. The van der Waals surface area contributed by atoms with Gasteiger partial charge in [-0.3, -0.25) is 4.79 Å². The van der Waals surface area contributed by atoms with Gasteiger partial charge in [-0.2, -0.15) is 0 Å². The first-order valence-electron chi connectivity index (χ1n) is 8.11. The summed E-state index contributed by atoms with van der Waals surface area (Å²) in [6.07, 6.45) is 0.0424. The van der Waals surface area contributed by atoms with Crippen molar-refractivity contribution in [1.29, 1.82) is 0 Å². The van der Waals surface area contributed by atoms with E-state index in [1.165, 1.54) is 0 Å². The summed E-state index contributed by atoms with van der Waals surface area (Å²) in [5, 5.41) is 4.02. The Kier molecular flexibility index (Phi) is 4.30. The summed E-state index contributed by atoms with van der Waals surface area (Å²) in [5.74, 6) is 0.506. The molecule has 1 amide bonds. The maximum Gasteiger partial charge on any atom is 0.272 e. The number of fused-ring (bicyclic) bond motifs is 1. The van der Waals surface area contributed by atoms with Crippen LogP contribution in [0.15, 0.2) is 42.5 Å². The minimum atomic E-state index is -0.166. The number of para-hydroxylation sites is 2. The van der Waals surface area contributed by atoms with Crippen molar-refractivity contribution in [2.75, 3.05) is 5.32 Å². The Bertz CT molecular complexity index is 894. The second kappa shape index (κ2) is 6.40. The van der Waals surface area contributed by atoms with E-state index < -0.39 is 0 Å². The highest BCUT2D eigenvalue weighted by Gasteiger charge is 2.16. The smallest absolute Gasteiger partial charge is 0.272 e. The molecule has 0 aliphatic rings. The van der Waals surface area contributed by atoms with Crippen molar-refractivity contribution in [2.24, 2.45) is 0 Å². The summed E-state index contributed by atoms with van der Waals surface area (Å²) in [6, 6.07) is 13.6. The lowest BCUT2D eigenvalue weighted by Gasteiger charge is -2.14. The fourth-order valence-corrected chi connectivity index (χ4v) is 2.79. The number of hydrogen-bond acceptors (Lipinski definition) is 2. The number of anilines is 1. The van der Waals surface area contributed by atoms with Crippen LogP contribution in [0.4, 0.5) is 5.69 Å². The van der Waals surface area contributed by atoms with Crippen molar-refractivity contribution in [2.45, 2.75) is 33.8 Å². The lowest BCUT2D eigenvalue weighted by atomic mass is 10.1. The maximum absolute atomic E-state index is 12.7. The summed E-state index contributed by atoms with van der Waals surface area (Å²) in [4.78, 5) is 16.0. The summed E-state index contributed by atoms with van der Waals surface area (Å²) in [6.45, 7) is 7.92. The molecular formula is C20H22N2O2. The van der Waals surface area contributed by atoms with E-state index in [1.807, 2.05) is 58.0 Å². The predicted octanol–water partition coefficient (Wildman–Crippen LogP) is 4.82. The molecule has 0 aliphatic heterocycles. The third kappa shape index (κ3) is 3.13. The summed E-state index contributed by atoms with van der Waals surface area (Å²) in [5.41, 5.74) is 4.33. The number of ether oxygens (including phenoxy) is 1. The lowest BCUT2D eigenvalue weighted by molar-refractivity contribution is 0.102. The second-order valence-corrected chi connectivity index (χ2v) is 6.29. The SMILES string of the molecule is Cc1ccc2c(C)c(C(=O)Nc3ccccc3OC(C)C)[nH]c2c1. The first-order chi connectivity index (χ1) is 11.5. The zero-order chi connectivity index (χ0) is 17.3. The molecule has 24 heavy (non-hydrogen) atoms. The van der Waals surface area contributed by atoms with Crippen LogP contribution in [0.5, 0.6) is 5.75 Å². The van der Waals surface area contributed by atoms with Gasteiger partial charge in [0.2, 0.25) is 0 Å². The van der Waals surface area contributed by atoms with Gasteiger partial charge in [0.15, 0.2) is 0 Å². The van der Waals surface area contributed by atoms with E-state index in [0.29, 0.717) is 17.1 Å². The van der Waals surface area contributed by atoms with E-state index in [9.17, 15) is 4.79 Å². The number of aromatic amines is 1. The molecule has 2 aromatic carbocycles. The van der Waals surface area contributed by atoms with Crippen LogP contribution in [0.3, 0.4) is 0 Å². The minimum Gasteiger partial charge on any atom is -0.489 e. The Hall–Kier alpha value is -2.75. The first kappa shape index (κ1) is 16.1. The molecule has 0 saturated heterocycles. The van der Waals surface area contributed by atoms with E-state index in [4.69, 9.17) is 4.74 Å². The van der Waals surface area contributed by atoms with E-state index >= 15 is 0 Å². The monoisotopic (exact) mass is 322 g/mol. The molecular weight excluding hydrogens is 300 g/mol. The number of aryl methyl sites for hydroxylation is 2. The Balaban J connectivity index is 1.92. The van der Waals surface area contributed by atoms with E-state index in [0.717, 1.165) is 22.0 Å². The van der Waals surface area contributed by atoms with E-state index in [2.05, 4.69) is 22.4 Å². The number of hydrogen-bond donors (Lipinski definition) is 2. The highest BCUT2D eigenvalue weighted by molar-refractivity contribution is 6.08. The van der Waals surface area contributed by atoms with Crippen LogP contribution in [0, 0.1) is 13.8 Å². The van der Waals surface area contributed by atoms with Gasteiger partial charge in [0.25, 0.3) is 5.91 Å². The van der Waals surface area contributed by atoms with Crippen LogP contribution >= 0.6 is 0 Å². The van der Waals surface area contributed by atoms with Crippen molar-refractivity contribution in [3.8, 4) is 5.75 Å². The predicted molar refractivity (Wildman–Crippen MR) is 97.9 cm³/mol. The molecule has 0 atom stereocenters. The Morgan fingerprint density at radius 1 is 1.12 bits per heavy atom. The van der Waals surface area contributed by atoms with Crippen molar-refractivity contribution >= 4 is 22.5 Å². The largest absolute Gasteiger partial charge is 0.489 e. The molecule has 0 unspecified atom stereocenters. The van der Waals surface area contributed by atoms with Crippen LogP contribution in [0.1, 0.15) is 35.5 Å². The highest BCUT2D eigenvalue weighted by atomic mass is 16.5. The molecule has 0 aliphatic carbocycles. The second-order valence-electron chi connectivity index (χ2n) is 6.29. The fourth-order valence-electron chi connectivity index (χ4n) is 2.79. The zero-order valence-corrected chi connectivity index (χ0v) is 14.4. The van der Waals surface area contributed by atoms with Crippen LogP contribution in [-0.4, -0.2) is 17.0 Å². The van der Waals surface area contributed by atoms with Gasteiger partial charge in [0, 0.05) is 10.9 Å². The highest BCUT2D eigenvalue weighted by Crippen LogP contribution is 2.27. The Labute approximate surface area is 141 Å². The third-order valence-corrected chi connectivity index (χ3v) is 3.94. The van der Waals surface area contributed by atoms with Crippen molar-refractivity contribution in [1.82, 2.24) is 4.98 Å². The number of H-pyrrole nitrogens is 1. The molecule has 4 nitrogen and oxygen atoms in total. The number of rotatable bonds is 4.